The Bertz CT molecular complexity index is 756. The maximum Gasteiger partial charge on any atom is 0.264 e. The zero-order valence-corrected chi connectivity index (χ0v) is 12.9. The summed E-state index contributed by atoms with van der Waals surface area (Å²) in [5.74, 6) is 0.407. The fraction of sp³-hybridized carbons (Fsp3) is 0.214. The SMILES string of the molecule is COc1ccc(NS(=O)(=O)c2c(N)ccc(C)c2C)cn1. The number of nitrogens with zero attached hydrogens (tertiary/aromatic N) is 1. The van der Waals surface area contributed by atoms with Crippen LogP contribution in [-0.2, 0) is 10.0 Å². The van der Waals surface area contributed by atoms with Crippen molar-refractivity contribution in [3.05, 3.63) is 41.6 Å². The van der Waals surface area contributed by atoms with Gasteiger partial charge in [0.25, 0.3) is 10.0 Å². The number of nitrogens with one attached hydrogen (secondary N) is 1. The molecule has 0 saturated carbocycles. The van der Waals surface area contributed by atoms with Crippen LogP contribution in [0.25, 0.3) is 0 Å². The molecule has 21 heavy (non-hydrogen) atoms. The van der Waals surface area contributed by atoms with Crippen LogP contribution in [0.2, 0.25) is 0 Å². The highest BCUT2D eigenvalue weighted by atomic mass is 32.2. The molecule has 0 atom stereocenters. The van der Waals surface area contributed by atoms with Crippen LogP contribution >= 0.6 is 0 Å². The van der Waals surface area contributed by atoms with Crippen molar-refractivity contribution in [3.8, 4) is 5.88 Å². The summed E-state index contributed by atoms with van der Waals surface area (Å²) in [6.45, 7) is 3.56. The van der Waals surface area contributed by atoms with Crippen LogP contribution in [0.3, 0.4) is 0 Å². The second-order valence-corrected chi connectivity index (χ2v) is 6.24. The standard InChI is InChI=1S/C14H17N3O3S/c1-9-4-6-12(15)14(10(9)2)21(18,19)17-11-5-7-13(20-3)16-8-11/h4-8,17H,15H2,1-3H3. The molecule has 0 aliphatic carbocycles. The first-order chi connectivity index (χ1) is 9.85. The van der Waals surface area contributed by atoms with E-state index >= 15 is 0 Å². The van der Waals surface area contributed by atoms with E-state index in [4.69, 9.17) is 10.5 Å². The summed E-state index contributed by atoms with van der Waals surface area (Å²) < 4.78 is 32.4. The lowest BCUT2D eigenvalue weighted by Crippen LogP contribution is -2.17. The molecule has 1 heterocycles. The number of aromatic nitrogens is 1. The molecule has 0 saturated heterocycles. The highest BCUT2D eigenvalue weighted by Gasteiger charge is 2.21. The number of ether oxygens (including phenoxy) is 1. The molecule has 0 amide bonds. The second-order valence-electron chi connectivity index (χ2n) is 4.62. The third-order valence-electron chi connectivity index (χ3n) is 3.17. The summed E-state index contributed by atoms with van der Waals surface area (Å²) in [6.07, 6.45) is 1.39. The van der Waals surface area contributed by atoms with Gasteiger partial charge in [-0.1, -0.05) is 6.07 Å². The predicted octanol–water partition coefficient (Wildman–Crippen LogP) is 2.09. The van der Waals surface area contributed by atoms with E-state index in [1.54, 1.807) is 31.2 Å². The molecular formula is C14H17N3O3S. The van der Waals surface area contributed by atoms with Gasteiger partial charge < -0.3 is 10.5 Å². The van der Waals surface area contributed by atoms with E-state index in [1.165, 1.54) is 13.3 Å². The molecule has 112 valence electrons. The molecule has 0 aliphatic rings. The molecule has 0 fully saturated rings. The summed E-state index contributed by atoms with van der Waals surface area (Å²) in [6, 6.07) is 6.52. The first kappa shape index (κ1) is 15.1. The molecule has 0 unspecified atom stereocenters. The van der Waals surface area contributed by atoms with Crippen molar-refractivity contribution in [2.24, 2.45) is 0 Å². The average molecular weight is 307 g/mol. The second kappa shape index (κ2) is 5.61. The lowest BCUT2D eigenvalue weighted by molar-refractivity contribution is 0.398. The minimum Gasteiger partial charge on any atom is -0.481 e. The van der Waals surface area contributed by atoms with Crippen molar-refractivity contribution < 1.29 is 13.2 Å². The monoisotopic (exact) mass is 307 g/mol. The van der Waals surface area contributed by atoms with Crippen LogP contribution in [-0.4, -0.2) is 20.5 Å². The van der Waals surface area contributed by atoms with E-state index in [0.717, 1.165) is 5.56 Å². The van der Waals surface area contributed by atoms with Gasteiger partial charge in [0, 0.05) is 6.07 Å². The third kappa shape index (κ3) is 3.08. The minimum atomic E-state index is -3.77. The number of nitrogen functional groups attached to an aromatic ring is 1. The Morgan fingerprint density at radius 2 is 1.90 bits per heavy atom. The molecule has 1 aromatic heterocycles. The van der Waals surface area contributed by atoms with Crippen molar-refractivity contribution >= 4 is 21.4 Å². The van der Waals surface area contributed by atoms with Crippen molar-refractivity contribution in [2.75, 3.05) is 17.6 Å². The number of sulfonamides is 1. The Morgan fingerprint density at radius 3 is 2.48 bits per heavy atom. The Hall–Kier alpha value is -2.28. The molecule has 0 aliphatic heterocycles. The molecule has 6 nitrogen and oxygen atoms in total. The normalized spacial score (nSPS) is 11.2. The Balaban J connectivity index is 2.41. The van der Waals surface area contributed by atoms with Crippen LogP contribution in [0, 0.1) is 13.8 Å². The maximum atomic E-state index is 12.5. The summed E-state index contributed by atoms with van der Waals surface area (Å²) in [4.78, 5) is 4.05. The number of nitrogens with two attached hydrogens (primary N) is 1. The first-order valence-electron chi connectivity index (χ1n) is 6.23. The lowest BCUT2D eigenvalue weighted by atomic mass is 10.1. The minimum absolute atomic E-state index is 0.0957. The topological polar surface area (TPSA) is 94.3 Å². The Labute approximate surface area is 124 Å². The van der Waals surface area contributed by atoms with Gasteiger partial charge in [-0.15, -0.1) is 0 Å². The van der Waals surface area contributed by atoms with Gasteiger partial charge in [0.15, 0.2) is 0 Å². The first-order valence-corrected chi connectivity index (χ1v) is 7.72. The van der Waals surface area contributed by atoms with Crippen molar-refractivity contribution in [1.29, 1.82) is 0 Å². The van der Waals surface area contributed by atoms with Crippen LogP contribution < -0.4 is 15.2 Å². The van der Waals surface area contributed by atoms with Crippen LogP contribution in [0.15, 0.2) is 35.4 Å². The van der Waals surface area contributed by atoms with Crippen molar-refractivity contribution in [2.45, 2.75) is 18.7 Å². The van der Waals surface area contributed by atoms with E-state index in [0.29, 0.717) is 17.1 Å². The summed E-state index contributed by atoms with van der Waals surface area (Å²) in [5, 5.41) is 0. The van der Waals surface area contributed by atoms with Gasteiger partial charge in [-0.2, -0.15) is 0 Å². The molecule has 0 spiro atoms. The number of aryl methyl sites for hydroxylation is 1. The van der Waals surface area contributed by atoms with Gasteiger partial charge >= 0.3 is 0 Å². The van der Waals surface area contributed by atoms with Gasteiger partial charge in [0.1, 0.15) is 4.90 Å². The molecule has 3 N–H and O–H groups in total. The number of hydrogen-bond donors (Lipinski definition) is 2. The van der Waals surface area contributed by atoms with Crippen LogP contribution in [0.5, 0.6) is 5.88 Å². The smallest absolute Gasteiger partial charge is 0.264 e. The summed E-state index contributed by atoms with van der Waals surface area (Å²) in [7, 11) is -2.28. The van der Waals surface area contributed by atoms with E-state index in [2.05, 4.69) is 9.71 Å². The van der Waals surface area contributed by atoms with Gasteiger partial charge in [0.05, 0.1) is 24.7 Å². The summed E-state index contributed by atoms with van der Waals surface area (Å²) >= 11 is 0. The molecule has 2 aromatic rings. The third-order valence-corrected chi connectivity index (χ3v) is 4.76. The van der Waals surface area contributed by atoms with Crippen molar-refractivity contribution in [1.82, 2.24) is 4.98 Å². The molecule has 7 heteroatoms. The fourth-order valence-corrected chi connectivity index (χ4v) is 3.41. The number of methoxy groups -OCH3 is 1. The largest absolute Gasteiger partial charge is 0.481 e. The molecule has 0 bridgehead atoms. The van der Waals surface area contributed by atoms with E-state index in [1.807, 2.05) is 6.92 Å². The summed E-state index contributed by atoms with van der Waals surface area (Å²) in [5.41, 5.74) is 7.87. The fourth-order valence-electron chi connectivity index (χ4n) is 1.94. The number of anilines is 2. The molecule has 2 rings (SSSR count). The number of hydrogen-bond acceptors (Lipinski definition) is 5. The van der Waals surface area contributed by atoms with E-state index < -0.39 is 10.0 Å². The van der Waals surface area contributed by atoms with Gasteiger partial charge in [-0.3, -0.25) is 4.72 Å². The number of benzene rings is 1. The van der Waals surface area contributed by atoms with Gasteiger partial charge in [0.2, 0.25) is 5.88 Å². The zero-order valence-electron chi connectivity index (χ0n) is 12.0. The zero-order chi connectivity index (χ0) is 15.6. The average Bonchev–Trinajstić information content (AvgIpc) is 2.43. The van der Waals surface area contributed by atoms with Crippen LogP contribution in [0.4, 0.5) is 11.4 Å². The van der Waals surface area contributed by atoms with Gasteiger partial charge in [-0.25, -0.2) is 13.4 Å². The highest BCUT2D eigenvalue weighted by molar-refractivity contribution is 7.93. The lowest BCUT2D eigenvalue weighted by Gasteiger charge is -2.14. The maximum absolute atomic E-state index is 12.5. The van der Waals surface area contributed by atoms with Crippen molar-refractivity contribution in [3.63, 3.8) is 0 Å². The molecule has 0 radical (unpaired) electrons. The molecular weight excluding hydrogens is 290 g/mol. The predicted molar refractivity (Wildman–Crippen MR) is 81.9 cm³/mol. The van der Waals surface area contributed by atoms with Gasteiger partial charge in [-0.05, 0) is 37.1 Å². The van der Waals surface area contributed by atoms with E-state index in [9.17, 15) is 8.42 Å². The highest BCUT2D eigenvalue weighted by Crippen LogP contribution is 2.27. The number of rotatable bonds is 4. The Kier molecular flexibility index (Phi) is 4.04. The number of pyridine rings is 1. The van der Waals surface area contributed by atoms with E-state index in [-0.39, 0.29) is 10.6 Å². The van der Waals surface area contributed by atoms with Crippen LogP contribution in [0.1, 0.15) is 11.1 Å². The quantitative estimate of drug-likeness (QED) is 0.843. The Morgan fingerprint density at radius 1 is 1.19 bits per heavy atom. The molecule has 1 aromatic carbocycles.